The summed E-state index contributed by atoms with van der Waals surface area (Å²) in [5, 5.41) is 9.26. The van der Waals surface area contributed by atoms with Crippen molar-refractivity contribution in [1.82, 2.24) is 15.0 Å². The van der Waals surface area contributed by atoms with E-state index in [0.717, 1.165) is 17.0 Å². The van der Waals surface area contributed by atoms with Gasteiger partial charge in [0.05, 0.1) is 5.69 Å². The molecule has 1 atom stereocenters. The normalized spacial score (nSPS) is 12.0. The van der Waals surface area contributed by atoms with E-state index >= 15 is 0 Å². The predicted molar refractivity (Wildman–Crippen MR) is 83.0 cm³/mol. The second kappa shape index (κ2) is 6.46. The average Bonchev–Trinajstić information content (AvgIpc) is 2.75. The number of rotatable bonds is 4. The number of hydrogen-bond acceptors (Lipinski definition) is 4. The number of carbonyl (C=O) groups excluding carboxylic acids is 1. The standard InChI is InChI=1S/C15H20N4O3/c1-9(8-12-10(2)18-22-11(12)3)16-15(21)17-13-6-5-7-19(4)14(13)20/h5-7,9H,8H2,1-4H3,(H2,16,17,21). The topological polar surface area (TPSA) is 89.2 Å². The number of amides is 2. The van der Waals surface area contributed by atoms with Gasteiger partial charge >= 0.3 is 6.03 Å². The largest absolute Gasteiger partial charge is 0.361 e. The van der Waals surface area contributed by atoms with Crippen LogP contribution < -0.4 is 16.2 Å². The number of pyridine rings is 1. The van der Waals surface area contributed by atoms with Crippen molar-refractivity contribution in [3.8, 4) is 0 Å². The molecule has 2 aromatic heterocycles. The van der Waals surface area contributed by atoms with Crippen LogP contribution in [0.1, 0.15) is 23.9 Å². The summed E-state index contributed by atoms with van der Waals surface area (Å²) >= 11 is 0. The molecule has 2 aromatic rings. The molecule has 1 unspecified atom stereocenters. The Hall–Kier alpha value is -2.57. The second-order valence-electron chi connectivity index (χ2n) is 5.34. The molecule has 7 nitrogen and oxygen atoms in total. The van der Waals surface area contributed by atoms with Crippen LogP contribution in [0, 0.1) is 13.8 Å². The smallest absolute Gasteiger partial charge is 0.319 e. The Kier molecular flexibility index (Phi) is 4.65. The molecule has 7 heteroatoms. The molecule has 22 heavy (non-hydrogen) atoms. The van der Waals surface area contributed by atoms with Crippen LogP contribution in [0.3, 0.4) is 0 Å². The fourth-order valence-electron chi connectivity index (χ4n) is 2.23. The summed E-state index contributed by atoms with van der Waals surface area (Å²) in [4.78, 5) is 23.8. The highest BCUT2D eigenvalue weighted by molar-refractivity contribution is 5.89. The number of nitrogens with zero attached hydrogens (tertiary/aromatic N) is 2. The first-order chi connectivity index (χ1) is 10.4. The summed E-state index contributed by atoms with van der Waals surface area (Å²) in [6, 6.07) is 2.73. The van der Waals surface area contributed by atoms with Gasteiger partial charge in [0.2, 0.25) is 0 Å². The van der Waals surface area contributed by atoms with Crippen LogP contribution in [0.15, 0.2) is 27.6 Å². The third-order valence-corrected chi connectivity index (χ3v) is 3.44. The van der Waals surface area contributed by atoms with Gasteiger partial charge < -0.3 is 19.7 Å². The highest BCUT2D eigenvalue weighted by Crippen LogP contribution is 2.14. The van der Waals surface area contributed by atoms with E-state index in [2.05, 4.69) is 15.8 Å². The van der Waals surface area contributed by atoms with Crippen molar-refractivity contribution in [2.75, 3.05) is 5.32 Å². The molecule has 2 N–H and O–H groups in total. The molecule has 0 saturated heterocycles. The quantitative estimate of drug-likeness (QED) is 0.900. The summed E-state index contributed by atoms with van der Waals surface area (Å²) in [5.41, 5.74) is 1.80. The van der Waals surface area contributed by atoms with E-state index in [4.69, 9.17) is 4.52 Å². The summed E-state index contributed by atoms with van der Waals surface area (Å²) < 4.78 is 6.51. The molecule has 0 aliphatic carbocycles. The van der Waals surface area contributed by atoms with E-state index in [1.807, 2.05) is 20.8 Å². The van der Waals surface area contributed by atoms with Crippen LogP contribution in [0.2, 0.25) is 0 Å². The molecule has 0 saturated carbocycles. The van der Waals surface area contributed by atoms with Crippen molar-refractivity contribution in [2.45, 2.75) is 33.2 Å². The lowest BCUT2D eigenvalue weighted by Gasteiger charge is -2.14. The molecule has 0 aromatic carbocycles. The highest BCUT2D eigenvalue weighted by Gasteiger charge is 2.15. The van der Waals surface area contributed by atoms with Gasteiger partial charge in [-0.1, -0.05) is 5.16 Å². The van der Waals surface area contributed by atoms with E-state index in [9.17, 15) is 9.59 Å². The molecule has 0 aliphatic heterocycles. The lowest BCUT2D eigenvalue weighted by Crippen LogP contribution is -2.39. The van der Waals surface area contributed by atoms with Crippen molar-refractivity contribution >= 4 is 11.7 Å². The van der Waals surface area contributed by atoms with Crippen molar-refractivity contribution in [2.24, 2.45) is 7.05 Å². The van der Waals surface area contributed by atoms with Gasteiger partial charge in [0.1, 0.15) is 11.4 Å². The zero-order valence-electron chi connectivity index (χ0n) is 13.1. The zero-order valence-corrected chi connectivity index (χ0v) is 13.1. The van der Waals surface area contributed by atoms with Crippen molar-refractivity contribution in [1.29, 1.82) is 0 Å². The number of anilines is 1. The van der Waals surface area contributed by atoms with Crippen molar-refractivity contribution in [3.05, 3.63) is 45.7 Å². The molecule has 0 bridgehead atoms. The number of carbonyl (C=O) groups is 1. The van der Waals surface area contributed by atoms with E-state index in [1.165, 1.54) is 4.57 Å². The van der Waals surface area contributed by atoms with Crippen LogP contribution in [0.4, 0.5) is 10.5 Å². The van der Waals surface area contributed by atoms with E-state index < -0.39 is 6.03 Å². The highest BCUT2D eigenvalue weighted by atomic mass is 16.5. The van der Waals surface area contributed by atoms with Gasteiger partial charge in [-0.25, -0.2) is 4.79 Å². The molecule has 118 valence electrons. The van der Waals surface area contributed by atoms with Crippen LogP contribution in [0.25, 0.3) is 0 Å². The van der Waals surface area contributed by atoms with E-state index in [-0.39, 0.29) is 17.3 Å². The molecule has 2 heterocycles. The lowest BCUT2D eigenvalue weighted by molar-refractivity contribution is 0.249. The van der Waals surface area contributed by atoms with Crippen molar-refractivity contribution < 1.29 is 9.32 Å². The molecule has 0 aliphatic rings. The Labute approximate surface area is 128 Å². The molecule has 2 amide bonds. The zero-order chi connectivity index (χ0) is 16.3. The Morgan fingerprint density at radius 1 is 1.45 bits per heavy atom. The minimum atomic E-state index is -0.414. The van der Waals surface area contributed by atoms with Crippen molar-refractivity contribution in [3.63, 3.8) is 0 Å². The third kappa shape index (κ3) is 3.55. The first kappa shape index (κ1) is 15.8. The summed E-state index contributed by atoms with van der Waals surface area (Å²) in [6.07, 6.45) is 2.24. The summed E-state index contributed by atoms with van der Waals surface area (Å²) in [7, 11) is 1.63. The lowest BCUT2D eigenvalue weighted by atomic mass is 10.1. The van der Waals surface area contributed by atoms with Crippen LogP contribution in [-0.4, -0.2) is 21.8 Å². The van der Waals surface area contributed by atoms with Gasteiger partial charge in [-0.3, -0.25) is 4.79 Å². The fraction of sp³-hybridized carbons (Fsp3) is 0.400. The van der Waals surface area contributed by atoms with Gasteiger partial charge in [-0.15, -0.1) is 0 Å². The number of nitrogens with one attached hydrogen (secondary N) is 2. The monoisotopic (exact) mass is 304 g/mol. The minimum absolute atomic E-state index is 0.121. The fourth-order valence-corrected chi connectivity index (χ4v) is 2.23. The van der Waals surface area contributed by atoms with Crippen LogP contribution in [-0.2, 0) is 13.5 Å². The second-order valence-corrected chi connectivity index (χ2v) is 5.34. The molecule has 2 rings (SSSR count). The number of aromatic nitrogens is 2. The predicted octanol–water partition coefficient (Wildman–Crippen LogP) is 1.74. The summed E-state index contributed by atoms with van der Waals surface area (Å²) in [5.74, 6) is 0.753. The van der Waals surface area contributed by atoms with Gasteiger partial charge in [0, 0.05) is 24.8 Å². The first-order valence-electron chi connectivity index (χ1n) is 7.03. The third-order valence-electron chi connectivity index (χ3n) is 3.44. The Morgan fingerprint density at radius 2 is 2.18 bits per heavy atom. The number of urea groups is 1. The SMILES string of the molecule is Cc1noc(C)c1CC(C)NC(=O)Nc1cccn(C)c1=O. The van der Waals surface area contributed by atoms with Gasteiger partial charge in [-0.05, 0) is 39.3 Å². The molecule has 0 radical (unpaired) electrons. The maximum atomic E-state index is 12.0. The first-order valence-corrected chi connectivity index (χ1v) is 7.03. The molecule has 0 spiro atoms. The van der Waals surface area contributed by atoms with Gasteiger partial charge in [0.15, 0.2) is 0 Å². The Bertz CT molecular complexity index is 713. The molecule has 0 fully saturated rings. The van der Waals surface area contributed by atoms with Gasteiger partial charge in [-0.2, -0.15) is 0 Å². The Balaban J connectivity index is 1.97. The number of hydrogen-bond donors (Lipinski definition) is 2. The average molecular weight is 304 g/mol. The molecular formula is C15H20N4O3. The Morgan fingerprint density at radius 3 is 2.82 bits per heavy atom. The van der Waals surface area contributed by atoms with E-state index in [1.54, 1.807) is 25.4 Å². The van der Waals surface area contributed by atoms with Crippen LogP contribution in [0.5, 0.6) is 0 Å². The van der Waals surface area contributed by atoms with E-state index in [0.29, 0.717) is 6.42 Å². The molecular weight excluding hydrogens is 284 g/mol. The maximum Gasteiger partial charge on any atom is 0.319 e. The maximum absolute atomic E-state index is 12.0. The van der Waals surface area contributed by atoms with Gasteiger partial charge in [0.25, 0.3) is 5.56 Å². The summed E-state index contributed by atoms with van der Waals surface area (Å²) in [6.45, 7) is 5.59. The van der Waals surface area contributed by atoms with Crippen LogP contribution >= 0.6 is 0 Å². The number of aryl methyl sites for hydroxylation is 3. The minimum Gasteiger partial charge on any atom is -0.361 e.